The van der Waals surface area contributed by atoms with Crippen molar-refractivity contribution in [2.24, 2.45) is 0 Å². The number of nitrogens with zero attached hydrogens (tertiary/aromatic N) is 1. The van der Waals surface area contributed by atoms with E-state index in [-0.39, 0.29) is 30.9 Å². The molecule has 0 radical (unpaired) electrons. The standard InChI is InChI=1S/C24H25F2NO5S2/c1-16(2)24(25,26)32-19-12-10-18(11-13-19)15-27(34(30,31)14-6-9-22(28)29)23-17(3)20-7-4-5-8-21(20)33-23/h4-5,7-8,10-13H,1,6,9,14-15H2,2-3H3,(H,28,29). The second kappa shape index (κ2) is 10.1. The van der Waals surface area contributed by atoms with Crippen LogP contribution in [0.2, 0.25) is 0 Å². The highest BCUT2D eigenvalue weighted by Gasteiger charge is 2.33. The monoisotopic (exact) mass is 509 g/mol. The average molecular weight is 510 g/mol. The second-order valence-electron chi connectivity index (χ2n) is 7.89. The first-order chi connectivity index (χ1) is 15.9. The molecule has 0 saturated carbocycles. The van der Waals surface area contributed by atoms with Gasteiger partial charge in [0, 0.05) is 16.7 Å². The van der Waals surface area contributed by atoms with Crippen LogP contribution in [0.5, 0.6) is 5.75 Å². The smallest absolute Gasteiger partial charge is 0.422 e. The zero-order valence-corrected chi connectivity index (χ0v) is 20.4. The molecule has 3 rings (SSSR count). The number of aryl methyl sites for hydroxylation is 1. The zero-order valence-electron chi connectivity index (χ0n) is 18.8. The average Bonchev–Trinajstić information content (AvgIpc) is 3.08. The Hall–Kier alpha value is -2.98. The molecule has 0 aliphatic carbocycles. The van der Waals surface area contributed by atoms with Gasteiger partial charge in [-0.15, -0.1) is 11.3 Å². The van der Waals surface area contributed by atoms with Crippen LogP contribution in [-0.2, 0) is 21.4 Å². The number of carboxylic acids is 1. The molecule has 6 nitrogen and oxygen atoms in total. The molecular formula is C24H25F2NO5S2. The minimum atomic E-state index is -3.87. The van der Waals surface area contributed by atoms with Crippen LogP contribution in [0.1, 0.15) is 30.9 Å². The normalized spacial score (nSPS) is 12.0. The molecule has 0 amide bonds. The van der Waals surface area contributed by atoms with E-state index in [4.69, 9.17) is 9.84 Å². The number of hydrogen-bond acceptors (Lipinski definition) is 5. The molecule has 0 fully saturated rings. The maximum atomic E-state index is 13.8. The van der Waals surface area contributed by atoms with Crippen molar-refractivity contribution in [1.29, 1.82) is 0 Å². The topological polar surface area (TPSA) is 83.9 Å². The third-order valence-corrected chi connectivity index (χ3v) is 8.37. The second-order valence-corrected chi connectivity index (χ2v) is 10.9. The lowest BCUT2D eigenvalue weighted by atomic mass is 10.2. The van der Waals surface area contributed by atoms with Crippen LogP contribution in [0.4, 0.5) is 13.8 Å². The van der Waals surface area contributed by atoms with Gasteiger partial charge in [0.15, 0.2) is 0 Å². The molecule has 182 valence electrons. The predicted octanol–water partition coefficient (Wildman–Crippen LogP) is 5.96. The number of aliphatic carboxylic acids is 1. The fourth-order valence-electron chi connectivity index (χ4n) is 3.28. The maximum absolute atomic E-state index is 13.8. The van der Waals surface area contributed by atoms with E-state index in [2.05, 4.69) is 6.58 Å². The van der Waals surface area contributed by atoms with Crippen LogP contribution in [-0.4, -0.2) is 31.4 Å². The molecule has 3 aromatic rings. The number of hydrogen-bond donors (Lipinski definition) is 1. The summed E-state index contributed by atoms with van der Waals surface area (Å²) in [7, 11) is -3.87. The van der Waals surface area contributed by atoms with Crippen LogP contribution < -0.4 is 9.04 Å². The molecule has 0 saturated heterocycles. The molecule has 1 aromatic heterocycles. The molecule has 0 spiro atoms. The Morgan fingerprint density at radius 2 is 1.82 bits per heavy atom. The molecule has 1 N–H and O–H groups in total. The summed E-state index contributed by atoms with van der Waals surface area (Å²) in [5.74, 6) is -1.48. The molecule has 0 bridgehead atoms. The van der Waals surface area contributed by atoms with Gasteiger partial charge in [0.05, 0.1) is 12.3 Å². The SMILES string of the molecule is C=C(C)C(F)(F)Oc1ccc(CN(c2sc3ccccc3c2C)S(=O)(=O)CCCC(=O)O)cc1. The largest absolute Gasteiger partial charge is 0.481 e. The number of halogens is 2. The Kier molecular flexibility index (Phi) is 7.62. The highest BCUT2D eigenvalue weighted by Crippen LogP contribution is 2.40. The lowest BCUT2D eigenvalue weighted by molar-refractivity contribution is -0.141. The van der Waals surface area contributed by atoms with Crippen molar-refractivity contribution in [3.63, 3.8) is 0 Å². The van der Waals surface area contributed by atoms with Crippen LogP contribution >= 0.6 is 11.3 Å². The number of ether oxygens (including phenoxy) is 1. The Morgan fingerprint density at radius 1 is 1.18 bits per heavy atom. The quantitative estimate of drug-likeness (QED) is 0.323. The van der Waals surface area contributed by atoms with Crippen molar-refractivity contribution >= 4 is 42.4 Å². The van der Waals surface area contributed by atoms with Gasteiger partial charge in [-0.05, 0) is 55.0 Å². The van der Waals surface area contributed by atoms with Crippen LogP contribution in [0, 0.1) is 6.92 Å². The van der Waals surface area contributed by atoms with Crippen molar-refractivity contribution in [3.8, 4) is 5.75 Å². The maximum Gasteiger partial charge on any atom is 0.422 e. The molecule has 0 unspecified atom stereocenters. The van der Waals surface area contributed by atoms with Crippen molar-refractivity contribution in [3.05, 3.63) is 71.8 Å². The first-order valence-electron chi connectivity index (χ1n) is 10.4. The summed E-state index contributed by atoms with van der Waals surface area (Å²) >= 11 is 1.33. The summed E-state index contributed by atoms with van der Waals surface area (Å²) < 4.78 is 61.0. The van der Waals surface area contributed by atoms with E-state index >= 15 is 0 Å². The van der Waals surface area contributed by atoms with Gasteiger partial charge >= 0.3 is 12.1 Å². The number of rotatable bonds is 11. The zero-order chi connectivity index (χ0) is 25.1. The summed E-state index contributed by atoms with van der Waals surface area (Å²) in [6.45, 7) is 6.18. The summed E-state index contributed by atoms with van der Waals surface area (Å²) in [6, 6.07) is 13.3. The Labute approximate surface area is 201 Å². The number of sulfonamides is 1. The van der Waals surface area contributed by atoms with E-state index in [1.807, 2.05) is 31.2 Å². The minimum absolute atomic E-state index is 0.0269. The highest BCUT2D eigenvalue weighted by atomic mass is 32.2. The van der Waals surface area contributed by atoms with Gasteiger partial charge < -0.3 is 9.84 Å². The molecule has 0 aliphatic heterocycles. The first kappa shape index (κ1) is 25.6. The van der Waals surface area contributed by atoms with Crippen LogP contribution in [0.15, 0.2) is 60.7 Å². The number of anilines is 1. The van der Waals surface area contributed by atoms with Gasteiger partial charge in [0.1, 0.15) is 10.8 Å². The first-order valence-corrected chi connectivity index (χ1v) is 12.9. The van der Waals surface area contributed by atoms with Crippen LogP contribution in [0.3, 0.4) is 0 Å². The van der Waals surface area contributed by atoms with Crippen LogP contribution in [0.25, 0.3) is 10.1 Å². The summed E-state index contributed by atoms with van der Waals surface area (Å²) in [6.07, 6.45) is -3.81. The molecule has 0 aliphatic rings. The van der Waals surface area contributed by atoms with Gasteiger partial charge in [0.2, 0.25) is 10.0 Å². The molecular weight excluding hydrogens is 484 g/mol. The van der Waals surface area contributed by atoms with E-state index in [9.17, 15) is 22.0 Å². The Morgan fingerprint density at radius 3 is 2.41 bits per heavy atom. The number of carbonyl (C=O) groups is 1. The van der Waals surface area contributed by atoms with E-state index in [0.29, 0.717) is 10.6 Å². The van der Waals surface area contributed by atoms with E-state index in [0.717, 1.165) is 22.6 Å². The number of thiophene rings is 1. The van der Waals surface area contributed by atoms with Gasteiger partial charge in [-0.1, -0.05) is 36.9 Å². The summed E-state index contributed by atoms with van der Waals surface area (Å²) in [4.78, 5) is 10.9. The third-order valence-electron chi connectivity index (χ3n) is 5.17. The van der Waals surface area contributed by atoms with Crippen molar-refractivity contribution in [2.45, 2.75) is 39.3 Å². The lowest BCUT2D eigenvalue weighted by Gasteiger charge is -2.24. The molecule has 1 heterocycles. The molecule has 0 atom stereocenters. The van der Waals surface area contributed by atoms with Crippen molar-refractivity contribution in [1.82, 2.24) is 0 Å². The summed E-state index contributed by atoms with van der Waals surface area (Å²) in [5, 5.41) is 10.4. The molecule has 2 aromatic carbocycles. The van der Waals surface area contributed by atoms with E-state index < -0.39 is 27.7 Å². The number of benzene rings is 2. The number of carboxylic acid groups (broad SMARTS) is 1. The number of fused-ring (bicyclic) bond motifs is 1. The van der Waals surface area contributed by atoms with Crippen molar-refractivity contribution in [2.75, 3.05) is 10.1 Å². The van der Waals surface area contributed by atoms with E-state index in [1.165, 1.54) is 39.9 Å². The van der Waals surface area contributed by atoms with Gasteiger partial charge in [-0.3, -0.25) is 9.10 Å². The lowest BCUT2D eigenvalue weighted by Crippen LogP contribution is -2.32. The van der Waals surface area contributed by atoms with Gasteiger partial charge in [-0.2, -0.15) is 8.78 Å². The van der Waals surface area contributed by atoms with E-state index in [1.54, 1.807) is 0 Å². The molecule has 34 heavy (non-hydrogen) atoms. The van der Waals surface area contributed by atoms with Gasteiger partial charge in [0.25, 0.3) is 0 Å². The summed E-state index contributed by atoms with van der Waals surface area (Å²) in [5.41, 5.74) is 0.920. The number of alkyl halides is 2. The fourth-order valence-corrected chi connectivity index (χ4v) is 6.31. The minimum Gasteiger partial charge on any atom is -0.481 e. The fraction of sp³-hybridized carbons (Fsp3) is 0.292. The predicted molar refractivity (Wildman–Crippen MR) is 130 cm³/mol. The third kappa shape index (κ3) is 5.92. The Bertz CT molecular complexity index is 1300. The highest BCUT2D eigenvalue weighted by molar-refractivity contribution is 7.93. The Balaban J connectivity index is 1.93. The van der Waals surface area contributed by atoms with Gasteiger partial charge in [-0.25, -0.2) is 8.42 Å². The van der Waals surface area contributed by atoms with Crippen molar-refractivity contribution < 1.29 is 31.8 Å². The molecule has 10 heteroatoms.